The van der Waals surface area contributed by atoms with Crippen LogP contribution in [0.5, 0.6) is 5.88 Å². The Morgan fingerprint density at radius 3 is 2.81 bits per heavy atom. The van der Waals surface area contributed by atoms with Gasteiger partial charge in [-0.2, -0.15) is 5.26 Å². The van der Waals surface area contributed by atoms with Crippen LogP contribution in [0.15, 0.2) is 36.5 Å². The molecule has 0 radical (unpaired) electrons. The van der Waals surface area contributed by atoms with E-state index in [9.17, 15) is 5.26 Å². The van der Waals surface area contributed by atoms with Gasteiger partial charge < -0.3 is 14.8 Å². The number of nitrogens with zero attached hydrogens (tertiary/aromatic N) is 3. The average Bonchev–Trinajstić information content (AvgIpc) is 2.69. The molecule has 6 nitrogen and oxygen atoms in total. The number of nitrogens with one attached hydrogen (secondary N) is 2. The third-order valence-corrected chi connectivity index (χ3v) is 5.01. The number of methoxy groups -OCH3 is 1. The molecule has 138 valence electrons. The smallest absolute Gasteiger partial charge is 0.232 e. The van der Waals surface area contributed by atoms with Crippen LogP contribution in [0.4, 0.5) is 17.1 Å². The number of ether oxygens (including phenoxy) is 1. The monoisotopic (exact) mass is 379 g/mol. The molecule has 27 heavy (non-hydrogen) atoms. The summed E-state index contributed by atoms with van der Waals surface area (Å²) in [7, 11) is 1.53. The quantitative estimate of drug-likeness (QED) is 0.440. The summed E-state index contributed by atoms with van der Waals surface area (Å²) in [4.78, 5) is 8.70. The molecule has 0 unspecified atom stereocenters. The van der Waals surface area contributed by atoms with Gasteiger partial charge in [0.05, 0.1) is 24.5 Å². The van der Waals surface area contributed by atoms with E-state index in [0.717, 1.165) is 29.1 Å². The summed E-state index contributed by atoms with van der Waals surface area (Å²) in [5.41, 5.74) is 5.34. The number of rotatable bonds is 7. The molecule has 0 spiro atoms. The highest BCUT2D eigenvalue weighted by Gasteiger charge is 2.12. The van der Waals surface area contributed by atoms with Crippen molar-refractivity contribution < 1.29 is 4.74 Å². The maximum atomic E-state index is 9.71. The topological polar surface area (TPSA) is 82.9 Å². The van der Waals surface area contributed by atoms with Gasteiger partial charge in [0, 0.05) is 17.1 Å². The molecule has 0 saturated heterocycles. The van der Waals surface area contributed by atoms with Crippen LogP contribution in [-0.2, 0) is 0 Å². The zero-order valence-electron chi connectivity index (χ0n) is 15.5. The highest BCUT2D eigenvalue weighted by atomic mass is 32.2. The molecule has 7 heteroatoms. The number of aryl methyl sites for hydroxylation is 1. The maximum absolute atomic E-state index is 9.71. The number of hydrogen-bond acceptors (Lipinski definition) is 7. The van der Waals surface area contributed by atoms with Crippen LogP contribution in [0.3, 0.4) is 0 Å². The van der Waals surface area contributed by atoms with Gasteiger partial charge in [0.2, 0.25) is 5.88 Å². The lowest BCUT2D eigenvalue weighted by Crippen LogP contribution is -2.00. The van der Waals surface area contributed by atoms with E-state index in [1.54, 1.807) is 18.1 Å². The van der Waals surface area contributed by atoms with Crippen LogP contribution in [0.1, 0.15) is 24.5 Å². The minimum Gasteiger partial charge on any atom is -0.480 e. The average molecular weight is 379 g/mol. The summed E-state index contributed by atoms with van der Waals surface area (Å²) >= 11 is 1.68. The molecule has 0 amide bonds. The highest BCUT2D eigenvalue weighted by Crippen LogP contribution is 2.30. The Bertz CT molecular complexity index is 1000. The normalized spacial score (nSPS) is 10.4. The van der Waals surface area contributed by atoms with Crippen LogP contribution < -0.4 is 14.8 Å². The Labute approximate surface area is 163 Å². The summed E-state index contributed by atoms with van der Waals surface area (Å²) in [5, 5.41) is 13.1. The Kier molecular flexibility index (Phi) is 5.99. The van der Waals surface area contributed by atoms with E-state index in [1.165, 1.54) is 7.11 Å². The van der Waals surface area contributed by atoms with E-state index < -0.39 is 0 Å². The molecule has 0 aliphatic carbocycles. The summed E-state index contributed by atoms with van der Waals surface area (Å²) in [6.07, 6.45) is 2.66. The van der Waals surface area contributed by atoms with Gasteiger partial charge in [0.25, 0.3) is 0 Å². The molecule has 0 saturated carbocycles. The maximum Gasteiger partial charge on any atom is 0.232 e. The standard InChI is InChI=1S/C20H21N5OS/c1-4-9-27-25-14-6-5-13(2)18(10-14)23-16-7-8-17-20(15(16)11-21)24-19(26-3)12-22-17/h5-8,10,12,23,25H,4,9H2,1-3H3. The highest BCUT2D eigenvalue weighted by molar-refractivity contribution is 8.00. The number of fused-ring (bicyclic) bond motifs is 1. The van der Waals surface area contributed by atoms with Crippen molar-refractivity contribution in [3.8, 4) is 11.9 Å². The first-order valence-electron chi connectivity index (χ1n) is 8.65. The Morgan fingerprint density at radius 2 is 2.07 bits per heavy atom. The molecule has 0 aliphatic heterocycles. The van der Waals surface area contributed by atoms with Crippen molar-refractivity contribution in [1.29, 1.82) is 5.26 Å². The lowest BCUT2D eigenvalue weighted by atomic mass is 10.1. The molecule has 0 bridgehead atoms. The van der Waals surface area contributed by atoms with Gasteiger partial charge in [0.15, 0.2) is 0 Å². The molecule has 2 aromatic carbocycles. The Balaban J connectivity index is 1.96. The third-order valence-electron chi connectivity index (χ3n) is 4.02. The first kappa shape index (κ1) is 18.8. The third kappa shape index (κ3) is 4.23. The Morgan fingerprint density at radius 1 is 1.22 bits per heavy atom. The fraction of sp³-hybridized carbons (Fsp3) is 0.250. The van der Waals surface area contributed by atoms with Crippen LogP contribution in [0.25, 0.3) is 11.0 Å². The lowest BCUT2D eigenvalue weighted by Gasteiger charge is -2.14. The van der Waals surface area contributed by atoms with Gasteiger partial charge in [-0.25, -0.2) is 9.97 Å². The van der Waals surface area contributed by atoms with Gasteiger partial charge in [0.1, 0.15) is 17.1 Å². The molecule has 1 heterocycles. The van der Waals surface area contributed by atoms with Crippen molar-refractivity contribution in [2.75, 3.05) is 22.9 Å². The molecule has 0 fully saturated rings. The minimum atomic E-state index is 0.381. The van der Waals surface area contributed by atoms with Crippen molar-refractivity contribution in [1.82, 2.24) is 9.97 Å². The van der Waals surface area contributed by atoms with Crippen LogP contribution in [0, 0.1) is 18.3 Å². The van der Waals surface area contributed by atoms with Crippen molar-refractivity contribution in [3.05, 3.63) is 47.7 Å². The Hall–Kier alpha value is -2.98. The molecular weight excluding hydrogens is 358 g/mol. The molecular formula is C20H21N5OS. The summed E-state index contributed by atoms with van der Waals surface area (Å²) < 4.78 is 8.49. The molecule has 2 N–H and O–H groups in total. The second kappa shape index (κ2) is 8.60. The largest absolute Gasteiger partial charge is 0.480 e. The van der Waals surface area contributed by atoms with Crippen LogP contribution >= 0.6 is 11.9 Å². The fourth-order valence-electron chi connectivity index (χ4n) is 2.58. The lowest BCUT2D eigenvalue weighted by molar-refractivity contribution is 0.397. The van der Waals surface area contributed by atoms with Gasteiger partial charge in [-0.1, -0.05) is 24.9 Å². The van der Waals surface area contributed by atoms with E-state index in [0.29, 0.717) is 28.2 Å². The van der Waals surface area contributed by atoms with Crippen molar-refractivity contribution in [2.45, 2.75) is 20.3 Å². The number of aromatic nitrogens is 2. The van der Waals surface area contributed by atoms with E-state index in [4.69, 9.17) is 4.74 Å². The zero-order chi connectivity index (χ0) is 19.2. The summed E-state index contributed by atoms with van der Waals surface area (Å²) in [6.45, 7) is 4.18. The van der Waals surface area contributed by atoms with Gasteiger partial charge in [-0.3, -0.25) is 0 Å². The summed E-state index contributed by atoms with van der Waals surface area (Å²) in [6, 6.07) is 12.1. The second-order valence-corrected chi connectivity index (χ2v) is 6.89. The van der Waals surface area contributed by atoms with E-state index in [1.807, 2.05) is 37.3 Å². The predicted molar refractivity (Wildman–Crippen MR) is 112 cm³/mol. The first-order chi connectivity index (χ1) is 13.2. The molecule has 0 atom stereocenters. The number of nitriles is 1. The van der Waals surface area contributed by atoms with E-state index >= 15 is 0 Å². The number of hydrogen-bond donors (Lipinski definition) is 2. The van der Waals surface area contributed by atoms with Gasteiger partial charge >= 0.3 is 0 Å². The molecule has 3 rings (SSSR count). The van der Waals surface area contributed by atoms with Crippen LogP contribution in [0.2, 0.25) is 0 Å². The van der Waals surface area contributed by atoms with Gasteiger partial charge in [-0.15, -0.1) is 0 Å². The number of anilines is 3. The number of benzene rings is 2. The van der Waals surface area contributed by atoms with E-state index in [-0.39, 0.29) is 0 Å². The van der Waals surface area contributed by atoms with Crippen molar-refractivity contribution in [3.63, 3.8) is 0 Å². The SMILES string of the molecule is CCCSNc1ccc(C)c(Nc2ccc3ncc(OC)nc3c2C#N)c1. The second-order valence-electron chi connectivity index (χ2n) is 5.99. The molecule has 1 aromatic heterocycles. The van der Waals surface area contributed by atoms with Crippen molar-refractivity contribution >= 4 is 40.0 Å². The first-order valence-corrected chi connectivity index (χ1v) is 9.64. The molecule has 3 aromatic rings. The fourth-order valence-corrected chi connectivity index (χ4v) is 3.18. The van der Waals surface area contributed by atoms with Crippen molar-refractivity contribution in [2.24, 2.45) is 0 Å². The van der Waals surface area contributed by atoms with Gasteiger partial charge in [-0.05, 0) is 43.2 Å². The minimum absolute atomic E-state index is 0.381. The zero-order valence-corrected chi connectivity index (χ0v) is 16.4. The summed E-state index contributed by atoms with van der Waals surface area (Å²) in [5.74, 6) is 1.42. The van der Waals surface area contributed by atoms with E-state index in [2.05, 4.69) is 33.0 Å². The molecule has 0 aliphatic rings. The van der Waals surface area contributed by atoms with Crippen LogP contribution in [-0.4, -0.2) is 22.8 Å². The predicted octanol–water partition coefficient (Wildman–Crippen LogP) is 5.03.